The number of fused-ring (bicyclic) bond motifs is 3. The monoisotopic (exact) mass is 456 g/mol. The summed E-state index contributed by atoms with van der Waals surface area (Å²) in [6.45, 7) is 6.78. The Hall–Kier alpha value is -2.16. The molecule has 0 saturated carbocycles. The van der Waals surface area contributed by atoms with Crippen LogP contribution in [0.2, 0.25) is 0 Å². The van der Waals surface area contributed by atoms with E-state index in [0.717, 1.165) is 29.5 Å². The summed E-state index contributed by atoms with van der Waals surface area (Å²) in [5.41, 5.74) is 8.57. The topological polar surface area (TPSA) is 90.1 Å². The Balaban J connectivity index is 1.35. The van der Waals surface area contributed by atoms with E-state index >= 15 is 0 Å². The van der Waals surface area contributed by atoms with Gasteiger partial charge in [-0.2, -0.15) is 0 Å². The molecule has 0 spiro atoms. The summed E-state index contributed by atoms with van der Waals surface area (Å²) < 4.78 is 5.92. The Kier molecular flexibility index (Phi) is 6.50. The summed E-state index contributed by atoms with van der Waals surface area (Å²) in [6, 6.07) is 10.4. The van der Waals surface area contributed by atoms with E-state index < -0.39 is 0 Å². The molecule has 164 valence electrons. The lowest BCUT2D eigenvalue weighted by Crippen LogP contribution is -2.34. The first-order chi connectivity index (χ1) is 14.8. The number of nitrogens with one attached hydrogen (secondary N) is 1. The number of carbonyl (C=O) groups excluding carboxylic acids is 1. The number of amides is 1. The van der Waals surface area contributed by atoms with Crippen LogP contribution in [-0.4, -0.2) is 33.3 Å². The highest BCUT2D eigenvalue weighted by atomic mass is 32.2. The van der Waals surface area contributed by atoms with Crippen LogP contribution in [0.4, 0.5) is 5.82 Å². The number of carbonyl (C=O) groups is 1. The van der Waals surface area contributed by atoms with E-state index in [-0.39, 0.29) is 23.3 Å². The first-order valence-electron chi connectivity index (χ1n) is 10.5. The van der Waals surface area contributed by atoms with Crippen LogP contribution in [0.3, 0.4) is 0 Å². The highest BCUT2D eigenvalue weighted by Crippen LogP contribution is 2.40. The Labute approximate surface area is 191 Å². The minimum Gasteiger partial charge on any atom is -0.383 e. The van der Waals surface area contributed by atoms with Crippen LogP contribution in [0.1, 0.15) is 43.2 Å². The molecule has 4 rings (SSSR count). The normalized spacial score (nSPS) is 16.1. The van der Waals surface area contributed by atoms with Gasteiger partial charge in [0.2, 0.25) is 5.91 Å². The molecule has 0 saturated heterocycles. The lowest BCUT2D eigenvalue weighted by atomic mass is 9.94. The SMILES string of the molecule is C[C@H](CCc1ccccc1)NC(=O)CSc1nc(N)c2c3c(sc2n1)COC(C)(C)C3. The predicted octanol–water partition coefficient (Wildman–Crippen LogP) is 4.35. The van der Waals surface area contributed by atoms with Gasteiger partial charge >= 0.3 is 0 Å². The Bertz CT molecular complexity index is 1080. The zero-order chi connectivity index (χ0) is 22.0. The molecule has 3 aromatic rings. The number of hydrogen-bond donors (Lipinski definition) is 2. The fourth-order valence-electron chi connectivity index (χ4n) is 3.76. The van der Waals surface area contributed by atoms with Crippen molar-refractivity contribution in [2.75, 3.05) is 11.5 Å². The van der Waals surface area contributed by atoms with Crippen molar-refractivity contribution in [3.63, 3.8) is 0 Å². The Morgan fingerprint density at radius 3 is 2.87 bits per heavy atom. The van der Waals surface area contributed by atoms with Gasteiger partial charge in [0.1, 0.15) is 10.6 Å². The zero-order valence-electron chi connectivity index (χ0n) is 18.1. The zero-order valence-corrected chi connectivity index (χ0v) is 19.7. The molecule has 3 N–H and O–H groups in total. The first-order valence-corrected chi connectivity index (χ1v) is 12.3. The van der Waals surface area contributed by atoms with Crippen molar-refractivity contribution < 1.29 is 9.53 Å². The van der Waals surface area contributed by atoms with Crippen molar-refractivity contribution in [1.82, 2.24) is 15.3 Å². The molecule has 0 fully saturated rings. The third-order valence-electron chi connectivity index (χ3n) is 5.39. The molecule has 0 radical (unpaired) electrons. The summed E-state index contributed by atoms with van der Waals surface area (Å²) >= 11 is 2.93. The molecule has 0 unspecified atom stereocenters. The highest BCUT2D eigenvalue weighted by molar-refractivity contribution is 7.99. The van der Waals surface area contributed by atoms with E-state index in [1.165, 1.54) is 27.8 Å². The Morgan fingerprint density at radius 2 is 2.10 bits per heavy atom. The maximum absolute atomic E-state index is 12.4. The third-order valence-corrected chi connectivity index (χ3v) is 7.33. The van der Waals surface area contributed by atoms with Crippen LogP contribution in [0.15, 0.2) is 35.5 Å². The van der Waals surface area contributed by atoms with E-state index in [1.54, 1.807) is 11.3 Å². The van der Waals surface area contributed by atoms with Crippen LogP contribution >= 0.6 is 23.1 Å². The number of hydrogen-bond acceptors (Lipinski definition) is 7. The van der Waals surface area contributed by atoms with Crippen LogP contribution in [-0.2, 0) is 29.0 Å². The van der Waals surface area contributed by atoms with Crippen molar-refractivity contribution in [2.45, 2.75) is 63.4 Å². The minimum atomic E-state index is -0.212. The molecule has 1 atom stereocenters. The predicted molar refractivity (Wildman–Crippen MR) is 127 cm³/mol. The Morgan fingerprint density at radius 1 is 1.32 bits per heavy atom. The molecule has 2 aromatic heterocycles. The molecule has 1 amide bonds. The third kappa shape index (κ3) is 5.37. The quantitative estimate of drug-likeness (QED) is 0.406. The highest BCUT2D eigenvalue weighted by Gasteiger charge is 2.30. The molecule has 1 aliphatic heterocycles. The summed E-state index contributed by atoms with van der Waals surface area (Å²) in [6.07, 6.45) is 2.63. The van der Waals surface area contributed by atoms with Gasteiger partial charge in [0.05, 0.1) is 23.3 Å². The van der Waals surface area contributed by atoms with Gasteiger partial charge in [-0.1, -0.05) is 42.1 Å². The maximum Gasteiger partial charge on any atom is 0.230 e. The fraction of sp³-hybridized carbons (Fsp3) is 0.435. The minimum absolute atomic E-state index is 0.0200. The summed E-state index contributed by atoms with van der Waals surface area (Å²) in [5.74, 6) is 0.731. The molecule has 0 aliphatic carbocycles. The van der Waals surface area contributed by atoms with Gasteiger partial charge in [-0.3, -0.25) is 4.79 Å². The van der Waals surface area contributed by atoms with Gasteiger partial charge < -0.3 is 15.8 Å². The summed E-state index contributed by atoms with van der Waals surface area (Å²) in [4.78, 5) is 23.6. The van der Waals surface area contributed by atoms with Gasteiger partial charge in [-0.25, -0.2) is 9.97 Å². The molecule has 8 heteroatoms. The van der Waals surface area contributed by atoms with Gasteiger partial charge in [0.25, 0.3) is 0 Å². The number of anilines is 1. The van der Waals surface area contributed by atoms with Crippen molar-refractivity contribution in [3.05, 3.63) is 46.3 Å². The number of thiophene rings is 1. The van der Waals surface area contributed by atoms with Crippen LogP contribution in [0.5, 0.6) is 0 Å². The number of rotatable bonds is 7. The van der Waals surface area contributed by atoms with Gasteiger partial charge in [0, 0.05) is 17.3 Å². The molecular formula is C23H28N4O2S2. The van der Waals surface area contributed by atoms with E-state index in [0.29, 0.717) is 17.6 Å². The molecular weight excluding hydrogens is 428 g/mol. The number of benzene rings is 1. The number of thioether (sulfide) groups is 1. The maximum atomic E-state index is 12.4. The smallest absolute Gasteiger partial charge is 0.230 e. The number of aromatic nitrogens is 2. The van der Waals surface area contributed by atoms with Crippen LogP contribution < -0.4 is 11.1 Å². The van der Waals surface area contributed by atoms with Gasteiger partial charge in [-0.05, 0) is 44.7 Å². The number of aryl methyl sites for hydroxylation is 1. The van der Waals surface area contributed by atoms with E-state index in [4.69, 9.17) is 10.5 Å². The molecule has 1 aliphatic rings. The summed E-state index contributed by atoms with van der Waals surface area (Å²) in [5, 5.41) is 4.54. The standard InChI is InChI=1S/C23H28N4O2S2/c1-14(9-10-15-7-5-4-6-8-15)25-18(28)13-30-22-26-20(24)19-16-11-23(2,3)29-12-17(16)31-21(19)27-22/h4-8,14H,9-13H2,1-3H3,(H,25,28)(H2,24,26,27)/t14-/m1/s1. The van der Waals surface area contributed by atoms with Gasteiger partial charge in [-0.15, -0.1) is 11.3 Å². The second kappa shape index (κ2) is 9.14. The average Bonchev–Trinajstić information content (AvgIpc) is 3.08. The van der Waals surface area contributed by atoms with Crippen molar-refractivity contribution in [1.29, 1.82) is 0 Å². The largest absolute Gasteiger partial charge is 0.383 e. The van der Waals surface area contributed by atoms with E-state index in [1.807, 2.05) is 25.1 Å². The van der Waals surface area contributed by atoms with Crippen molar-refractivity contribution >= 4 is 45.0 Å². The molecule has 31 heavy (non-hydrogen) atoms. The second-order valence-corrected chi connectivity index (χ2v) is 10.6. The van der Waals surface area contributed by atoms with Crippen molar-refractivity contribution in [2.24, 2.45) is 0 Å². The summed E-state index contributed by atoms with van der Waals surface area (Å²) in [7, 11) is 0. The molecule has 1 aromatic carbocycles. The van der Waals surface area contributed by atoms with Gasteiger partial charge in [0.15, 0.2) is 5.16 Å². The number of nitrogens with two attached hydrogens (primary N) is 1. The number of nitrogen functional groups attached to an aromatic ring is 1. The van der Waals surface area contributed by atoms with Crippen molar-refractivity contribution in [3.8, 4) is 0 Å². The average molecular weight is 457 g/mol. The first kappa shape index (κ1) is 22.0. The number of nitrogens with zero attached hydrogens (tertiary/aromatic N) is 2. The molecule has 0 bridgehead atoms. The lowest BCUT2D eigenvalue weighted by molar-refractivity contribution is -0.119. The fourth-order valence-corrected chi connectivity index (χ4v) is 5.59. The lowest BCUT2D eigenvalue weighted by Gasteiger charge is -2.30. The molecule has 6 nitrogen and oxygen atoms in total. The van der Waals surface area contributed by atoms with E-state index in [2.05, 4.69) is 41.3 Å². The second-order valence-electron chi connectivity index (χ2n) is 8.58. The van der Waals surface area contributed by atoms with Crippen LogP contribution in [0, 0.1) is 0 Å². The van der Waals surface area contributed by atoms with E-state index in [9.17, 15) is 4.79 Å². The molecule has 3 heterocycles. The number of ether oxygens (including phenoxy) is 1. The van der Waals surface area contributed by atoms with Crippen LogP contribution in [0.25, 0.3) is 10.2 Å².